The van der Waals surface area contributed by atoms with Gasteiger partial charge in [0.1, 0.15) is 18.8 Å². The predicted octanol–water partition coefficient (Wildman–Crippen LogP) is 3.18. The normalized spacial score (nSPS) is 11.5. The Bertz CT molecular complexity index is 1000. The summed E-state index contributed by atoms with van der Waals surface area (Å²) in [4.78, 5) is 13.8. The zero-order chi connectivity index (χ0) is 22.2. The van der Waals surface area contributed by atoms with Crippen LogP contribution in [0.5, 0.6) is 17.2 Å². The van der Waals surface area contributed by atoms with Crippen LogP contribution in [0.4, 0.5) is 5.69 Å². The van der Waals surface area contributed by atoms with Crippen LogP contribution in [0.1, 0.15) is 21.5 Å². The van der Waals surface area contributed by atoms with Crippen molar-refractivity contribution in [3.05, 3.63) is 83.4 Å². The highest BCUT2D eigenvalue weighted by Gasteiger charge is 2.11. The predicted molar refractivity (Wildman–Crippen MR) is 121 cm³/mol. The molecule has 0 aromatic heterocycles. The third-order valence-corrected chi connectivity index (χ3v) is 5.02. The van der Waals surface area contributed by atoms with E-state index in [4.69, 9.17) is 14.2 Å². The van der Waals surface area contributed by atoms with E-state index in [1.54, 1.807) is 21.3 Å². The standard InChI is InChI=1S/C25H28N2O4/c1-27(17-19-7-14-23(30-3)24(15-19)31-4)16-18-5-8-20(9-6-18)25(28)26-21-10-12-22(29-2)13-11-21/h5-15H,16-17H2,1-4H3,(H,26,28)/p+1. The van der Waals surface area contributed by atoms with Crippen molar-refractivity contribution in [3.8, 4) is 17.2 Å². The summed E-state index contributed by atoms with van der Waals surface area (Å²) in [6, 6.07) is 21.0. The van der Waals surface area contributed by atoms with Crippen molar-refractivity contribution < 1.29 is 23.9 Å². The molecule has 3 rings (SSSR count). The zero-order valence-corrected chi connectivity index (χ0v) is 18.4. The lowest BCUT2D eigenvalue weighted by molar-refractivity contribution is -0.907. The molecule has 1 unspecified atom stereocenters. The number of ether oxygens (including phenoxy) is 3. The van der Waals surface area contributed by atoms with Gasteiger partial charge < -0.3 is 24.4 Å². The Morgan fingerprint density at radius 2 is 1.39 bits per heavy atom. The average Bonchev–Trinajstić information content (AvgIpc) is 2.79. The van der Waals surface area contributed by atoms with Gasteiger partial charge in [0.15, 0.2) is 11.5 Å². The van der Waals surface area contributed by atoms with Crippen LogP contribution in [0.2, 0.25) is 0 Å². The Hall–Kier alpha value is -3.51. The Morgan fingerprint density at radius 3 is 2.00 bits per heavy atom. The van der Waals surface area contributed by atoms with Crippen LogP contribution in [0.3, 0.4) is 0 Å². The number of rotatable bonds is 9. The molecule has 6 nitrogen and oxygen atoms in total. The molecule has 6 heteroatoms. The number of anilines is 1. The lowest BCUT2D eigenvalue weighted by Gasteiger charge is -2.16. The average molecular weight is 422 g/mol. The molecule has 0 radical (unpaired) electrons. The quantitative estimate of drug-likeness (QED) is 0.557. The topological polar surface area (TPSA) is 61.2 Å². The first-order chi connectivity index (χ1) is 15.0. The van der Waals surface area contributed by atoms with Gasteiger partial charge in [-0.05, 0) is 54.6 Å². The third-order valence-electron chi connectivity index (χ3n) is 5.02. The molecule has 0 aliphatic carbocycles. The maximum Gasteiger partial charge on any atom is 0.255 e. The second-order valence-electron chi connectivity index (χ2n) is 7.38. The van der Waals surface area contributed by atoms with Crippen molar-refractivity contribution >= 4 is 11.6 Å². The fourth-order valence-electron chi connectivity index (χ4n) is 3.40. The van der Waals surface area contributed by atoms with Gasteiger partial charge in [0.2, 0.25) is 0 Å². The van der Waals surface area contributed by atoms with Crippen LogP contribution in [-0.2, 0) is 13.1 Å². The van der Waals surface area contributed by atoms with Crippen LogP contribution in [0.15, 0.2) is 66.7 Å². The first-order valence-electron chi connectivity index (χ1n) is 10.1. The fourth-order valence-corrected chi connectivity index (χ4v) is 3.40. The van der Waals surface area contributed by atoms with Crippen molar-refractivity contribution in [2.45, 2.75) is 13.1 Å². The summed E-state index contributed by atoms with van der Waals surface area (Å²) in [5.74, 6) is 2.08. The number of benzene rings is 3. The minimum atomic E-state index is -0.136. The highest BCUT2D eigenvalue weighted by Crippen LogP contribution is 2.27. The SMILES string of the molecule is COc1ccc(NC(=O)c2ccc(C[NH+](C)Cc3ccc(OC)c(OC)c3)cc2)cc1. The number of amides is 1. The first-order valence-corrected chi connectivity index (χ1v) is 10.1. The number of methoxy groups -OCH3 is 3. The molecular weight excluding hydrogens is 392 g/mol. The van der Waals surface area contributed by atoms with Crippen molar-refractivity contribution in [2.24, 2.45) is 0 Å². The van der Waals surface area contributed by atoms with Crippen molar-refractivity contribution in [1.82, 2.24) is 0 Å². The highest BCUT2D eigenvalue weighted by atomic mass is 16.5. The van der Waals surface area contributed by atoms with E-state index in [1.165, 1.54) is 16.0 Å². The molecule has 0 aliphatic rings. The van der Waals surface area contributed by atoms with Gasteiger partial charge in [-0.3, -0.25) is 4.79 Å². The Balaban J connectivity index is 1.57. The molecule has 0 fully saturated rings. The van der Waals surface area contributed by atoms with Gasteiger partial charge in [0.05, 0.1) is 28.4 Å². The molecule has 0 saturated carbocycles. The molecule has 0 spiro atoms. The van der Waals surface area contributed by atoms with E-state index in [9.17, 15) is 4.79 Å². The number of hydrogen-bond acceptors (Lipinski definition) is 4. The molecule has 0 bridgehead atoms. The summed E-state index contributed by atoms with van der Waals surface area (Å²) in [5.41, 5.74) is 3.69. The van der Waals surface area contributed by atoms with E-state index in [0.717, 1.165) is 36.0 Å². The van der Waals surface area contributed by atoms with E-state index in [0.29, 0.717) is 5.56 Å². The molecule has 162 valence electrons. The molecular formula is C25H29N2O4+. The Morgan fingerprint density at radius 1 is 0.774 bits per heavy atom. The maximum atomic E-state index is 12.5. The molecule has 3 aromatic carbocycles. The first kappa shape index (κ1) is 22.2. The number of quaternary nitrogens is 1. The molecule has 31 heavy (non-hydrogen) atoms. The van der Waals surface area contributed by atoms with Crippen LogP contribution in [0, 0.1) is 0 Å². The molecule has 3 aromatic rings. The largest absolute Gasteiger partial charge is 0.497 e. The summed E-state index contributed by atoms with van der Waals surface area (Å²) in [6.07, 6.45) is 0. The van der Waals surface area contributed by atoms with Crippen molar-refractivity contribution in [3.63, 3.8) is 0 Å². The molecule has 0 saturated heterocycles. The number of carbonyl (C=O) groups is 1. The van der Waals surface area contributed by atoms with E-state index in [2.05, 4.69) is 18.4 Å². The fraction of sp³-hybridized carbons (Fsp3) is 0.240. The number of carbonyl (C=O) groups excluding carboxylic acids is 1. The van der Waals surface area contributed by atoms with Gasteiger partial charge in [0.25, 0.3) is 5.91 Å². The summed E-state index contributed by atoms with van der Waals surface area (Å²) in [7, 11) is 7.03. The Kier molecular flexibility index (Phi) is 7.51. The van der Waals surface area contributed by atoms with E-state index < -0.39 is 0 Å². The van der Waals surface area contributed by atoms with Crippen LogP contribution in [0.25, 0.3) is 0 Å². The van der Waals surface area contributed by atoms with E-state index >= 15 is 0 Å². The van der Waals surface area contributed by atoms with E-state index in [1.807, 2.05) is 60.7 Å². The summed E-state index contributed by atoms with van der Waals surface area (Å²) in [6.45, 7) is 1.69. The molecule has 1 atom stereocenters. The van der Waals surface area contributed by atoms with Gasteiger partial charge in [-0.25, -0.2) is 0 Å². The molecule has 2 N–H and O–H groups in total. The van der Waals surface area contributed by atoms with Gasteiger partial charge >= 0.3 is 0 Å². The lowest BCUT2D eigenvalue weighted by Crippen LogP contribution is -3.06. The van der Waals surface area contributed by atoms with Gasteiger partial charge in [-0.15, -0.1) is 0 Å². The molecule has 1 amide bonds. The summed E-state index contributed by atoms with van der Waals surface area (Å²) in [5, 5.41) is 2.90. The van der Waals surface area contributed by atoms with Crippen LogP contribution < -0.4 is 24.4 Å². The van der Waals surface area contributed by atoms with Crippen molar-refractivity contribution in [2.75, 3.05) is 33.7 Å². The molecule has 0 heterocycles. The summed E-state index contributed by atoms with van der Waals surface area (Å²) >= 11 is 0. The summed E-state index contributed by atoms with van der Waals surface area (Å²) < 4.78 is 15.8. The zero-order valence-electron chi connectivity index (χ0n) is 18.4. The third kappa shape index (κ3) is 5.99. The van der Waals surface area contributed by atoms with Crippen LogP contribution >= 0.6 is 0 Å². The minimum Gasteiger partial charge on any atom is -0.497 e. The minimum absolute atomic E-state index is 0.136. The van der Waals surface area contributed by atoms with Crippen LogP contribution in [-0.4, -0.2) is 34.3 Å². The second-order valence-corrected chi connectivity index (χ2v) is 7.38. The van der Waals surface area contributed by atoms with E-state index in [-0.39, 0.29) is 5.91 Å². The second kappa shape index (κ2) is 10.5. The van der Waals surface area contributed by atoms with Gasteiger partial charge in [-0.1, -0.05) is 12.1 Å². The van der Waals surface area contributed by atoms with Crippen molar-refractivity contribution in [1.29, 1.82) is 0 Å². The number of hydrogen-bond donors (Lipinski definition) is 2. The number of nitrogens with one attached hydrogen (secondary N) is 2. The smallest absolute Gasteiger partial charge is 0.255 e. The van der Waals surface area contributed by atoms with Gasteiger partial charge in [0, 0.05) is 22.4 Å². The molecule has 0 aliphatic heterocycles. The highest BCUT2D eigenvalue weighted by molar-refractivity contribution is 6.04. The van der Waals surface area contributed by atoms with Gasteiger partial charge in [-0.2, -0.15) is 0 Å². The Labute approximate surface area is 183 Å². The lowest BCUT2D eigenvalue weighted by atomic mass is 10.1. The maximum absolute atomic E-state index is 12.5. The monoisotopic (exact) mass is 421 g/mol.